The number of nitrogens with zero attached hydrogens (tertiary/aromatic N) is 3. The smallest absolute Gasteiger partial charge is 0.326 e. The molecule has 1 aromatic rings. The van der Waals surface area contributed by atoms with Crippen LogP contribution in [0.5, 0.6) is 0 Å². The van der Waals surface area contributed by atoms with E-state index in [0.717, 1.165) is 12.8 Å². The first-order chi connectivity index (χ1) is 12.7. The van der Waals surface area contributed by atoms with Gasteiger partial charge in [-0.1, -0.05) is 5.16 Å². The summed E-state index contributed by atoms with van der Waals surface area (Å²) in [5.74, 6) is -1.23. The molecule has 2 saturated heterocycles. The Bertz CT molecular complexity index is 806. The summed E-state index contributed by atoms with van der Waals surface area (Å²) in [7, 11) is -3.72. The van der Waals surface area contributed by atoms with Crippen LogP contribution in [0.1, 0.15) is 43.6 Å². The second-order valence-corrected chi connectivity index (χ2v) is 9.09. The van der Waals surface area contributed by atoms with Crippen molar-refractivity contribution in [3.63, 3.8) is 0 Å². The van der Waals surface area contributed by atoms with Gasteiger partial charge in [0, 0.05) is 25.6 Å². The van der Waals surface area contributed by atoms with Gasteiger partial charge in [0.2, 0.25) is 15.9 Å². The molecule has 0 saturated carbocycles. The van der Waals surface area contributed by atoms with Gasteiger partial charge in [-0.15, -0.1) is 0 Å². The monoisotopic (exact) mass is 399 g/mol. The maximum atomic E-state index is 12.9. The average molecular weight is 399 g/mol. The van der Waals surface area contributed by atoms with Gasteiger partial charge in [-0.05, 0) is 46.0 Å². The lowest BCUT2D eigenvalue weighted by Gasteiger charge is -2.38. The van der Waals surface area contributed by atoms with Gasteiger partial charge >= 0.3 is 5.97 Å². The van der Waals surface area contributed by atoms with E-state index in [-0.39, 0.29) is 35.6 Å². The molecular weight excluding hydrogens is 374 g/mol. The Labute approximate surface area is 158 Å². The zero-order valence-electron chi connectivity index (χ0n) is 15.5. The highest BCUT2D eigenvalue weighted by atomic mass is 32.2. The van der Waals surface area contributed by atoms with Crippen LogP contribution in [0.15, 0.2) is 9.42 Å². The van der Waals surface area contributed by atoms with Crippen LogP contribution in [0.25, 0.3) is 0 Å². The molecule has 0 bridgehead atoms. The fraction of sp³-hybridized carbons (Fsp3) is 0.706. The standard InChI is InChI=1S/C17H25N3O6S/c1-11-15(12(2)26-18-11)27(24,25)19-9-6-13(7-10-19)16(21)20-8-4-3-5-14(20)17(22)23/h13-14H,3-10H2,1-2H3,(H,22,23). The van der Waals surface area contributed by atoms with Crippen molar-refractivity contribution < 1.29 is 27.6 Å². The maximum absolute atomic E-state index is 12.9. The van der Waals surface area contributed by atoms with Crippen LogP contribution in [0.4, 0.5) is 0 Å². The normalized spacial score (nSPS) is 22.7. The number of sulfonamides is 1. The zero-order valence-corrected chi connectivity index (χ0v) is 16.4. The third-order valence-corrected chi connectivity index (χ3v) is 7.58. The van der Waals surface area contributed by atoms with Crippen LogP contribution >= 0.6 is 0 Å². The molecule has 2 aliphatic rings. The molecule has 0 radical (unpaired) electrons. The largest absolute Gasteiger partial charge is 0.480 e. The van der Waals surface area contributed by atoms with Gasteiger partial charge < -0.3 is 14.5 Å². The number of carbonyl (C=O) groups excluding carboxylic acids is 1. The van der Waals surface area contributed by atoms with Crippen LogP contribution < -0.4 is 0 Å². The molecule has 1 N–H and O–H groups in total. The highest BCUT2D eigenvalue weighted by molar-refractivity contribution is 7.89. The van der Waals surface area contributed by atoms with Crippen molar-refractivity contribution in [2.45, 2.75) is 56.9 Å². The Morgan fingerprint density at radius 1 is 1.11 bits per heavy atom. The molecule has 3 rings (SSSR count). The van der Waals surface area contributed by atoms with Crippen LogP contribution in [-0.4, -0.2) is 65.4 Å². The van der Waals surface area contributed by atoms with Crippen molar-refractivity contribution in [2.75, 3.05) is 19.6 Å². The Balaban J connectivity index is 1.68. The first-order valence-electron chi connectivity index (χ1n) is 9.19. The molecule has 2 aliphatic heterocycles. The Hall–Kier alpha value is -1.94. The van der Waals surface area contributed by atoms with E-state index in [1.807, 2.05) is 0 Å². The van der Waals surface area contributed by atoms with E-state index in [9.17, 15) is 23.1 Å². The summed E-state index contributed by atoms with van der Waals surface area (Å²) in [6, 6.07) is -0.768. The van der Waals surface area contributed by atoms with Crippen molar-refractivity contribution in [1.82, 2.24) is 14.4 Å². The predicted octanol–water partition coefficient (Wildman–Crippen LogP) is 1.16. The number of carbonyl (C=O) groups is 2. The molecule has 3 heterocycles. The van der Waals surface area contributed by atoms with Crippen molar-refractivity contribution >= 4 is 21.9 Å². The summed E-state index contributed by atoms with van der Waals surface area (Å²) in [4.78, 5) is 25.8. The summed E-state index contributed by atoms with van der Waals surface area (Å²) in [6.45, 7) is 4.03. The number of aliphatic carboxylic acids is 1. The van der Waals surface area contributed by atoms with Gasteiger partial charge in [0.25, 0.3) is 0 Å². The van der Waals surface area contributed by atoms with Crippen LogP contribution in [0.2, 0.25) is 0 Å². The van der Waals surface area contributed by atoms with Crippen LogP contribution in [0, 0.1) is 19.8 Å². The second-order valence-electron chi connectivity index (χ2n) is 7.21. The molecule has 10 heteroatoms. The third kappa shape index (κ3) is 3.73. The topological polar surface area (TPSA) is 121 Å². The fourth-order valence-electron chi connectivity index (χ4n) is 4.00. The van der Waals surface area contributed by atoms with E-state index in [0.29, 0.717) is 31.5 Å². The SMILES string of the molecule is Cc1noc(C)c1S(=O)(=O)N1CCC(C(=O)N2CCCCC2C(=O)O)CC1. The van der Waals surface area contributed by atoms with Gasteiger partial charge in [-0.25, -0.2) is 13.2 Å². The summed E-state index contributed by atoms with van der Waals surface area (Å²) >= 11 is 0. The zero-order chi connectivity index (χ0) is 19.8. The van der Waals surface area contributed by atoms with E-state index in [1.54, 1.807) is 13.8 Å². The summed E-state index contributed by atoms with van der Waals surface area (Å²) < 4.78 is 32.1. The van der Waals surface area contributed by atoms with Crippen LogP contribution in [0.3, 0.4) is 0 Å². The van der Waals surface area contributed by atoms with Gasteiger partial charge in [-0.2, -0.15) is 4.31 Å². The third-order valence-electron chi connectivity index (χ3n) is 5.44. The number of hydrogen-bond donors (Lipinski definition) is 1. The summed E-state index contributed by atoms with van der Waals surface area (Å²) in [5.41, 5.74) is 0.323. The molecule has 150 valence electrons. The van der Waals surface area contributed by atoms with Gasteiger partial charge in [0.15, 0.2) is 5.76 Å². The fourth-order valence-corrected chi connectivity index (χ4v) is 5.76. The number of carboxylic acids is 1. The van der Waals surface area contributed by atoms with Gasteiger partial charge in [0.05, 0.1) is 0 Å². The molecule has 1 amide bonds. The average Bonchev–Trinajstić information content (AvgIpc) is 3.00. The molecule has 27 heavy (non-hydrogen) atoms. The highest BCUT2D eigenvalue weighted by Gasteiger charge is 2.39. The minimum atomic E-state index is -3.72. The Morgan fingerprint density at radius 3 is 2.33 bits per heavy atom. The molecule has 1 atom stereocenters. The molecule has 1 aromatic heterocycles. The maximum Gasteiger partial charge on any atom is 0.326 e. The predicted molar refractivity (Wildman–Crippen MR) is 94.4 cm³/mol. The highest BCUT2D eigenvalue weighted by Crippen LogP contribution is 2.29. The molecule has 0 spiro atoms. The van der Waals surface area contributed by atoms with Crippen molar-refractivity contribution in [3.05, 3.63) is 11.5 Å². The molecule has 1 unspecified atom stereocenters. The second kappa shape index (κ2) is 7.59. The van der Waals surface area contributed by atoms with E-state index in [2.05, 4.69) is 5.16 Å². The minimum Gasteiger partial charge on any atom is -0.480 e. The van der Waals surface area contributed by atoms with Crippen molar-refractivity contribution in [1.29, 1.82) is 0 Å². The molecule has 2 fully saturated rings. The first kappa shape index (κ1) is 19.8. The summed E-state index contributed by atoms with van der Waals surface area (Å²) in [5, 5.41) is 13.1. The number of aromatic nitrogens is 1. The lowest BCUT2D eigenvalue weighted by atomic mass is 9.93. The number of likely N-dealkylation sites (tertiary alicyclic amines) is 1. The van der Waals surface area contributed by atoms with E-state index in [4.69, 9.17) is 4.52 Å². The van der Waals surface area contributed by atoms with Crippen molar-refractivity contribution in [2.24, 2.45) is 5.92 Å². The van der Waals surface area contributed by atoms with Gasteiger partial charge in [-0.3, -0.25) is 4.79 Å². The number of aryl methyl sites for hydroxylation is 2. The van der Waals surface area contributed by atoms with E-state index >= 15 is 0 Å². The first-order valence-corrected chi connectivity index (χ1v) is 10.6. The molecule has 0 aliphatic carbocycles. The number of amides is 1. The quantitative estimate of drug-likeness (QED) is 0.806. The Morgan fingerprint density at radius 2 is 1.78 bits per heavy atom. The molecular formula is C17H25N3O6S. The van der Waals surface area contributed by atoms with Crippen molar-refractivity contribution in [3.8, 4) is 0 Å². The van der Waals surface area contributed by atoms with Gasteiger partial charge in [0.1, 0.15) is 16.6 Å². The number of hydrogen-bond acceptors (Lipinski definition) is 6. The van der Waals surface area contributed by atoms with E-state index in [1.165, 1.54) is 9.21 Å². The lowest BCUT2D eigenvalue weighted by Crippen LogP contribution is -2.52. The number of rotatable bonds is 4. The molecule has 0 aromatic carbocycles. The summed E-state index contributed by atoms with van der Waals surface area (Å²) in [6.07, 6.45) is 2.83. The van der Waals surface area contributed by atoms with E-state index < -0.39 is 22.0 Å². The number of piperidine rings is 2. The minimum absolute atomic E-state index is 0.0919. The van der Waals surface area contributed by atoms with Crippen LogP contribution in [-0.2, 0) is 19.6 Å². The molecule has 9 nitrogen and oxygen atoms in total. The Kier molecular flexibility index (Phi) is 5.57. The lowest BCUT2D eigenvalue weighted by molar-refractivity contribution is -0.154. The number of carboxylic acid groups (broad SMARTS) is 1.